The third-order valence-corrected chi connectivity index (χ3v) is 3.27. The molecular formula is C15H24O3. The second kappa shape index (κ2) is 8.90. The van der Waals surface area contributed by atoms with E-state index in [1.165, 1.54) is 38.5 Å². The standard InChI is InChI=1S/C15H24O3/c1-2-3-4-5-6-7-8-9-10-11-13-12-14(16)18-15(13)17/h9-10,13H,2-8,11-12H2,1H3. The van der Waals surface area contributed by atoms with Crippen LogP contribution < -0.4 is 0 Å². The predicted octanol–water partition coefficient (Wildman–Crippen LogP) is 3.77. The average Bonchev–Trinajstić information content (AvgIpc) is 2.66. The Morgan fingerprint density at radius 2 is 1.83 bits per heavy atom. The van der Waals surface area contributed by atoms with E-state index < -0.39 is 0 Å². The number of allylic oxidation sites excluding steroid dienone is 2. The Bertz CT molecular complexity index is 294. The van der Waals surface area contributed by atoms with Gasteiger partial charge in [0.1, 0.15) is 0 Å². The molecule has 1 unspecified atom stereocenters. The van der Waals surface area contributed by atoms with E-state index in [2.05, 4.69) is 17.7 Å². The van der Waals surface area contributed by atoms with Crippen molar-refractivity contribution in [2.45, 2.75) is 64.7 Å². The molecule has 0 aromatic carbocycles. The number of carbonyl (C=O) groups is 2. The first kappa shape index (κ1) is 14.9. The lowest BCUT2D eigenvalue weighted by atomic mass is 10.0. The predicted molar refractivity (Wildman–Crippen MR) is 71.0 cm³/mol. The number of unbranched alkanes of at least 4 members (excludes halogenated alkanes) is 6. The molecule has 1 rings (SSSR count). The van der Waals surface area contributed by atoms with Crippen LogP contribution >= 0.6 is 0 Å². The quantitative estimate of drug-likeness (QED) is 0.271. The molecular weight excluding hydrogens is 228 g/mol. The first-order valence-corrected chi connectivity index (χ1v) is 7.13. The Morgan fingerprint density at radius 3 is 2.50 bits per heavy atom. The lowest BCUT2D eigenvalue weighted by Gasteiger charge is -1.99. The summed E-state index contributed by atoms with van der Waals surface area (Å²) in [6.45, 7) is 2.22. The molecule has 1 aliphatic rings. The molecule has 0 amide bonds. The number of carbonyl (C=O) groups excluding carboxylic acids is 2. The molecule has 102 valence electrons. The van der Waals surface area contributed by atoms with Crippen molar-refractivity contribution in [3.05, 3.63) is 12.2 Å². The molecule has 3 nitrogen and oxygen atoms in total. The fourth-order valence-corrected chi connectivity index (χ4v) is 2.12. The van der Waals surface area contributed by atoms with Crippen LogP contribution in [-0.4, -0.2) is 11.9 Å². The average molecular weight is 252 g/mol. The number of hydrogen-bond acceptors (Lipinski definition) is 3. The Hall–Kier alpha value is -1.12. The first-order valence-electron chi connectivity index (χ1n) is 7.13. The van der Waals surface area contributed by atoms with Crippen molar-refractivity contribution >= 4 is 11.9 Å². The maximum absolute atomic E-state index is 11.2. The van der Waals surface area contributed by atoms with Gasteiger partial charge in [0, 0.05) is 0 Å². The molecule has 0 N–H and O–H groups in total. The van der Waals surface area contributed by atoms with E-state index in [9.17, 15) is 9.59 Å². The van der Waals surface area contributed by atoms with Gasteiger partial charge in [-0.1, -0.05) is 51.2 Å². The summed E-state index contributed by atoms with van der Waals surface area (Å²) in [4.78, 5) is 22.0. The summed E-state index contributed by atoms with van der Waals surface area (Å²) in [6.07, 6.45) is 13.9. The number of ether oxygens (including phenoxy) is 1. The zero-order chi connectivity index (χ0) is 13.2. The van der Waals surface area contributed by atoms with Gasteiger partial charge in [0.15, 0.2) is 0 Å². The fourth-order valence-electron chi connectivity index (χ4n) is 2.12. The van der Waals surface area contributed by atoms with Gasteiger partial charge in [-0.2, -0.15) is 0 Å². The minimum Gasteiger partial charge on any atom is -0.393 e. The highest BCUT2D eigenvalue weighted by Crippen LogP contribution is 2.20. The molecule has 0 bridgehead atoms. The molecule has 3 heteroatoms. The van der Waals surface area contributed by atoms with Crippen LogP contribution in [0.25, 0.3) is 0 Å². The highest BCUT2D eigenvalue weighted by Gasteiger charge is 2.31. The summed E-state index contributed by atoms with van der Waals surface area (Å²) in [7, 11) is 0. The number of rotatable bonds is 9. The van der Waals surface area contributed by atoms with Gasteiger partial charge in [0.25, 0.3) is 0 Å². The van der Waals surface area contributed by atoms with E-state index >= 15 is 0 Å². The fraction of sp³-hybridized carbons (Fsp3) is 0.733. The van der Waals surface area contributed by atoms with Crippen molar-refractivity contribution in [1.82, 2.24) is 0 Å². The van der Waals surface area contributed by atoms with Gasteiger partial charge in [0.2, 0.25) is 0 Å². The van der Waals surface area contributed by atoms with Crippen LogP contribution in [0.15, 0.2) is 12.2 Å². The van der Waals surface area contributed by atoms with E-state index in [0.29, 0.717) is 6.42 Å². The third-order valence-electron chi connectivity index (χ3n) is 3.27. The Labute approximate surface area is 110 Å². The lowest BCUT2D eigenvalue weighted by Crippen LogP contribution is -2.05. The van der Waals surface area contributed by atoms with Crippen LogP contribution in [0.5, 0.6) is 0 Å². The van der Waals surface area contributed by atoms with Gasteiger partial charge < -0.3 is 4.74 Å². The van der Waals surface area contributed by atoms with Crippen molar-refractivity contribution in [3.8, 4) is 0 Å². The zero-order valence-corrected chi connectivity index (χ0v) is 11.3. The summed E-state index contributed by atoms with van der Waals surface area (Å²) in [5.74, 6) is -0.975. The molecule has 0 radical (unpaired) electrons. The van der Waals surface area contributed by atoms with Crippen molar-refractivity contribution in [2.75, 3.05) is 0 Å². The number of hydrogen-bond donors (Lipinski definition) is 0. The second-order valence-corrected chi connectivity index (χ2v) is 4.96. The maximum Gasteiger partial charge on any atom is 0.317 e. The largest absolute Gasteiger partial charge is 0.393 e. The maximum atomic E-state index is 11.2. The molecule has 1 fully saturated rings. The van der Waals surface area contributed by atoms with E-state index in [4.69, 9.17) is 0 Å². The lowest BCUT2D eigenvalue weighted by molar-refractivity contribution is -0.153. The molecule has 0 aromatic heterocycles. The van der Waals surface area contributed by atoms with Gasteiger partial charge in [-0.25, -0.2) is 0 Å². The number of cyclic esters (lactones) is 2. The van der Waals surface area contributed by atoms with Gasteiger partial charge >= 0.3 is 11.9 Å². The minimum absolute atomic E-state index is 0.238. The molecule has 0 aliphatic carbocycles. The Morgan fingerprint density at radius 1 is 1.11 bits per heavy atom. The van der Waals surface area contributed by atoms with E-state index in [-0.39, 0.29) is 24.3 Å². The van der Waals surface area contributed by atoms with Gasteiger partial charge in [-0.15, -0.1) is 0 Å². The smallest absolute Gasteiger partial charge is 0.317 e. The zero-order valence-electron chi connectivity index (χ0n) is 11.3. The van der Waals surface area contributed by atoms with Crippen molar-refractivity contribution in [1.29, 1.82) is 0 Å². The van der Waals surface area contributed by atoms with Gasteiger partial charge in [-0.3, -0.25) is 9.59 Å². The summed E-state index contributed by atoms with van der Waals surface area (Å²) < 4.78 is 4.50. The second-order valence-electron chi connectivity index (χ2n) is 4.96. The molecule has 0 aromatic rings. The molecule has 1 heterocycles. The summed E-state index contributed by atoms with van der Waals surface area (Å²) in [5.41, 5.74) is 0. The van der Waals surface area contributed by atoms with Crippen LogP contribution in [0, 0.1) is 5.92 Å². The van der Waals surface area contributed by atoms with Crippen molar-refractivity contribution < 1.29 is 14.3 Å². The monoisotopic (exact) mass is 252 g/mol. The molecule has 18 heavy (non-hydrogen) atoms. The van der Waals surface area contributed by atoms with Crippen LogP contribution in [0.2, 0.25) is 0 Å². The van der Waals surface area contributed by atoms with Crippen LogP contribution in [0.1, 0.15) is 64.7 Å². The topological polar surface area (TPSA) is 43.4 Å². The molecule has 1 atom stereocenters. The van der Waals surface area contributed by atoms with E-state index in [1.54, 1.807) is 0 Å². The van der Waals surface area contributed by atoms with Crippen LogP contribution in [0.4, 0.5) is 0 Å². The van der Waals surface area contributed by atoms with Gasteiger partial charge in [0.05, 0.1) is 12.3 Å². The SMILES string of the molecule is CCCCCCCCC=CCC1CC(=O)OC1=O. The summed E-state index contributed by atoms with van der Waals surface area (Å²) in [6, 6.07) is 0. The van der Waals surface area contributed by atoms with Crippen LogP contribution in [-0.2, 0) is 14.3 Å². The van der Waals surface area contributed by atoms with Crippen LogP contribution in [0.3, 0.4) is 0 Å². The van der Waals surface area contributed by atoms with Crippen molar-refractivity contribution in [2.24, 2.45) is 5.92 Å². The highest BCUT2D eigenvalue weighted by molar-refractivity contribution is 5.94. The van der Waals surface area contributed by atoms with Crippen molar-refractivity contribution in [3.63, 3.8) is 0 Å². The Balaban J connectivity index is 1.97. The molecule has 0 saturated carbocycles. The van der Waals surface area contributed by atoms with E-state index in [0.717, 1.165) is 6.42 Å². The summed E-state index contributed by atoms with van der Waals surface area (Å²) >= 11 is 0. The normalized spacial score (nSPS) is 19.7. The highest BCUT2D eigenvalue weighted by atomic mass is 16.6. The van der Waals surface area contributed by atoms with Gasteiger partial charge in [-0.05, 0) is 19.3 Å². The molecule has 1 saturated heterocycles. The minimum atomic E-state index is -0.380. The summed E-state index contributed by atoms with van der Waals surface area (Å²) in [5, 5.41) is 0. The first-order chi connectivity index (χ1) is 8.74. The molecule has 1 aliphatic heterocycles. The third kappa shape index (κ3) is 5.99. The number of esters is 2. The van der Waals surface area contributed by atoms with E-state index in [1.807, 2.05) is 6.08 Å². The molecule has 0 spiro atoms. The Kier molecular flexibility index (Phi) is 7.38.